The van der Waals surface area contributed by atoms with E-state index in [1.165, 1.54) is 37.2 Å². The van der Waals surface area contributed by atoms with E-state index in [1.54, 1.807) is 6.92 Å². The Morgan fingerprint density at radius 2 is 1.59 bits per heavy atom. The highest BCUT2D eigenvalue weighted by atomic mass is 32.2. The molecule has 0 aromatic heterocycles. The fourth-order valence-corrected chi connectivity index (χ4v) is 4.50. The third-order valence-electron chi connectivity index (χ3n) is 5.15. The molecular weight excluding hydrogens is 459 g/mol. The molecular formula is C24H33FN4O4S. The van der Waals surface area contributed by atoms with Crippen molar-refractivity contribution in [2.75, 3.05) is 24.9 Å². The van der Waals surface area contributed by atoms with Gasteiger partial charge in [0.05, 0.1) is 5.69 Å². The van der Waals surface area contributed by atoms with Gasteiger partial charge in [0, 0.05) is 26.7 Å². The molecule has 0 saturated carbocycles. The molecule has 0 spiro atoms. The average molecular weight is 493 g/mol. The molecule has 0 fully saturated rings. The Morgan fingerprint density at radius 1 is 1.00 bits per heavy atom. The van der Waals surface area contributed by atoms with E-state index < -0.39 is 34.5 Å². The van der Waals surface area contributed by atoms with Gasteiger partial charge in [0.1, 0.15) is 18.4 Å². The van der Waals surface area contributed by atoms with E-state index in [0.29, 0.717) is 6.42 Å². The lowest BCUT2D eigenvalue weighted by atomic mass is 10.1. The summed E-state index contributed by atoms with van der Waals surface area (Å²) in [6.07, 6.45) is 0.317. The van der Waals surface area contributed by atoms with Gasteiger partial charge in [-0.3, -0.25) is 9.59 Å². The molecule has 34 heavy (non-hydrogen) atoms. The standard InChI is InChI=1S/C24H33FN4O4S/c1-6-21(24(31)26-18(2)3)28(16-19-12-8-7-9-13-19)23(30)17-29(34(32,33)27(4)5)22-15-11-10-14-20(22)25/h7-15,18,21H,6,16-17H2,1-5H3,(H,26,31). The van der Waals surface area contributed by atoms with Gasteiger partial charge in [-0.15, -0.1) is 0 Å². The Labute approximate surface area is 201 Å². The highest BCUT2D eigenvalue weighted by molar-refractivity contribution is 7.90. The Kier molecular flexibility index (Phi) is 9.57. The second-order valence-corrected chi connectivity index (χ2v) is 10.4. The average Bonchev–Trinajstić information content (AvgIpc) is 2.77. The molecule has 0 aliphatic rings. The SMILES string of the molecule is CCC(C(=O)NC(C)C)N(Cc1ccccc1)C(=O)CN(c1ccccc1F)S(=O)(=O)N(C)C. The first-order chi connectivity index (χ1) is 16.0. The summed E-state index contributed by atoms with van der Waals surface area (Å²) in [7, 11) is -1.60. The number of benzene rings is 2. The molecule has 0 saturated heterocycles. The van der Waals surface area contributed by atoms with Crippen LogP contribution in [0.15, 0.2) is 54.6 Å². The van der Waals surface area contributed by atoms with E-state index >= 15 is 0 Å². The first-order valence-corrected chi connectivity index (χ1v) is 12.5. The van der Waals surface area contributed by atoms with Crippen molar-refractivity contribution in [2.24, 2.45) is 0 Å². The molecule has 0 heterocycles. The molecule has 2 aromatic carbocycles. The summed E-state index contributed by atoms with van der Waals surface area (Å²) in [5.41, 5.74) is 0.531. The molecule has 1 N–H and O–H groups in total. The van der Waals surface area contributed by atoms with Crippen molar-refractivity contribution in [1.82, 2.24) is 14.5 Å². The van der Waals surface area contributed by atoms with Gasteiger partial charge in [0.25, 0.3) is 0 Å². The number of amides is 2. The smallest absolute Gasteiger partial charge is 0.304 e. The molecule has 10 heteroatoms. The van der Waals surface area contributed by atoms with Crippen molar-refractivity contribution in [3.05, 3.63) is 66.0 Å². The summed E-state index contributed by atoms with van der Waals surface area (Å²) in [5, 5.41) is 2.82. The summed E-state index contributed by atoms with van der Waals surface area (Å²) in [5.74, 6) is -1.74. The highest BCUT2D eigenvalue weighted by Gasteiger charge is 2.34. The number of anilines is 1. The van der Waals surface area contributed by atoms with Crippen molar-refractivity contribution in [3.8, 4) is 0 Å². The van der Waals surface area contributed by atoms with Crippen LogP contribution in [-0.2, 0) is 26.3 Å². The Hall–Kier alpha value is -2.98. The van der Waals surface area contributed by atoms with Gasteiger partial charge in [0.15, 0.2) is 0 Å². The molecule has 2 rings (SSSR count). The summed E-state index contributed by atoms with van der Waals surface area (Å²) in [4.78, 5) is 27.9. The van der Waals surface area contributed by atoms with Crippen LogP contribution in [0.3, 0.4) is 0 Å². The Morgan fingerprint density at radius 3 is 2.12 bits per heavy atom. The maximum atomic E-state index is 14.6. The first kappa shape index (κ1) is 27.3. The fourth-order valence-electron chi connectivity index (χ4n) is 3.44. The van der Waals surface area contributed by atoms with Gasteiger partial charge in [-0.1, -0.05) is 49.4 Å². The van der Waals surface area contributed by atoms with Crippen LogP contribution in [0.4, 0.5) is 10.1 Å². The first-order valence-electron chi connectivity index (χ1n) is 11.1. The predicted octanol–water partition coefficient (Wildman–Crippen LogP) is 2.77. The summed E-state index contributed by atoms with van der Waals surface area (Å²) in [6.45, 7) is 4.84. The number of para-hydroxylation sites is 1. The number of nitrogens with one attached hydrogen (secondary N) is 1. The molecule has 0 aliphatic carbocycles. The van der Waals surface area contributed by atoms with Crippen LogP contribution in [0.2, 0.25) is 0 Å². The molecule has 0 bridgehead atoms. The number of carbonyl (C=O) groups is 2. The van der Waals surface area contributed by atoms with Crippen molar-refractivity contribution in [1.29, 1.82) is 0 Å². The van der Waals surface area contributed by atoms with Gasteiger partial charge in [-0.2, -0.15) is 12.7 Å². The normalized spacial score (nSPS) is 12.5. The molecule has 1 atom stereocenters. The highest BCUT2D eigenvalue weighted by Crippen LogP contribution is 2.24. The zero-order valence-corrected chi connectivity index (χ0v) is 21.0. The van der Waals surface area contributed by atoms with Crippen molar-refractivity contribution in [3.63, 3.8) is 0 Å². The Balaban J connectivity index is 2.50. The molecule has 186 valence electrons. The monoisotopic (exact) mass is 492 g/mol. The van der Waals surface area contributed by atoms with E-state index in [1.807, 2.05) is 44.2 Å². The summed E-state index contributed by atoms with van der Waals surface area (Å²) >= 11 is 0. The lowest BCUT2D eigenvalue weighted by Crippen LogP contribution is -2.54. The van der Waals surface area contributed by atoms with Crippen molar-refractivity contribution >= 4 is 27.7 Å². The number of nitrogens with zero attached hydrogens (tertiary/aromatic N) is 3. The zero-order chi connectivity index (χ0) is 25.5. The van der Waals surface area contributed by atoms with Crippen LogP contribution in [0, 0.1) is 5.82 Å². The maximum absolute atomic E-state index is 14.6. The van der Waals surface area contributed by atoms with Crippen LogP contribution in [0.25, 0.3) is 0 Å². The number of hydrogen-bond acceptors (Lipinski definition) is 4. The number of halogens is 1. The fraction of sp³-hybridized carbons (Fsp3) is 0.417. The Bertz CT molecular complexity index is 1080. The van der Waals surface area contributed by atoms with Crippen LogP contribution >= 0.6 is 0 Å². The summed E-state index contributed by atoms with van der Waals surface area (Å²) < 4.78 is 42.4. The third-order valence-corrected chi connectivity index (χ3v) is 6.96. The third kappa shape index (κ3) is 6.77. The van der Waals surface area contributed by atoms with E-state index in [-0.39, 0.29) is 24.2 Å². The van der Waals surface area contributed by atoms with Gasteiger partial charge < -0.3 is 10.2 Å². The quantitative estimate of drug-likeness (QED) is 0.522. The van der Waals surface area contributed by atoms with E-state index in [9.17, 15) is 22.4 Å². The maximum Gasteiger partial charge on any atom is 0.304 e. The van der Waals surface area contributed by atoms with Crippen LogP contribution in [-0.4, -0.2) is 62.2 Å². The van der Waals surface area contributed by atoms with E-state index in [0.717, 1.165) is 20.2 Å². The van der Waals surface area contributed by atoms with Gasteiger partial charge in [-0.25, -0.2) is 8.70 Å². The second-order valence-electron chi connectivity index (χ2n) is 8.34. The number of carbonyl (C=O) groups excluding carboxylic acids is 2. The minimum atomic E-state index is -4.21. The van der Waals surface area contributed by atoms with Crippen LogP contribution in [0.1, 0.15) is 32.8 Å². The zero-order valence-electron chi connectivity index (χ0n) is 20.2. The van der Waals surface area contributed by atoms with E-state index in [4.69, 9.17) is 0 Å². The van der Waals surface area contributed by atoms with Crippen LogP contribution < -0.4 is 9.62 Å². The van der Waals surface area contributed by atoms with Gasteiger partial charge >= 0.3 is 10.2 Å². The molecule has 1 unspecified atom stereocenters. The van der Waals surface area contributed by atoms with Crippen LogP contribution in [0.5, 0.6) is 0 Å². The number of rotatable bonds is 11. The topological polar surface area (TPSA) is 90.0 Å². The van der Waals surface area contributed by atoms with Gasteiger partial charge in [-0.05, 0) is 38.0 Å². The van der Waals surface area contributed by atoms with Crippen molar-refractivity contribution < 1.29 is 22.4 Å². The summed E-state index contributed by atoms with van der Waals surface area (Å²) in [6, 6.07) is 13.5. The minimum Gasteiger partial charge on any atom is -0.352 e. The molecule has 0 aliphatic heterocycles. The molecule has 8 nitrogen and oxygen atoms in total. The van der Waals surface area contributed by atoms with Gasteiger partial charge in [0.2, 0.25) is 11.8 Å². The minimum absolute atomic E-state index is 0.0941. The lowest BCUT2D eigenvalue weighted by Gasteiger charge is -2.34. The lowest BCUT2D eigenvalue weighted by molar-refractivity contribution is -0.140. The molecule has 0 radical (unpaired) electrons. The predicted molar refractivity (Wildman–Crippen MR) is 131 cm³/mol. The molecule has 2 amide bonds. The second kappa shape index (κ2) is 11.9. The van der Waals surface area contributed by atoms with Crippen molar-refractivity contribution in [2.45, 2.75) is 45.8 Å². The number of hydrogen-bond donors (Lipinski definition) is 1. The largest absolute Gasteiger partial charge is 0.352 e. The van der Waals surface area contributed by atoms with E-state index in [2.05, 4.69) is 5.32 Å². The molecule has 2 aromatic rings.